The number of likely N-dealkylation sites (tertiary alicyclic amines) is 1. The highest BCUT2D eigenvalue weighted by atomic mass is 32.2. The van der Waals surface area contributed by atoms with Crippen molar-refractivity contribution in [3.8, 4) is 11.1 Å². The quantitative estimate of drug-likeness (QED) is 0.263. The number of benzene rings is 2. The first-order valence-corrected chi connectivity index (χ1v) is 17.3. The Labute approximate surface area is 268 Å². The molecule has 1 heterocycles. The van der Waals surface area contributed by atoms with Gasteiger partial charge in [0.2, 0.25) is 0 Å². The molecule has 2 aliphatic rings. The minimum Gasteiger partial charge on any atom is -0.480 e. The number of nitrogens with zero attached hydrogens (tertiary/aromatic N) is 1. The lowest BCUT2D eigenvalue weighted by Gasteiger charge is -2.25. The molecule has 2 aromatic carbocycles. The van der Waals surface area contributed by atoms with Crippen LogP contribution in [0.4, 0.5) is 0 Å². The van der Waals surface area contributed by atoms with Crippen LogP contribution in [-0.4, -0.2) is 74.2 Å². The van der Waals surface area contributed by atoms with Crippen molar-refractivity contribution in [3.05, 3.63) is 95.1 Å². The second kappa shape index (κ2) is 16.7. The van der Waals surface area contributed by atoms with Crippen molar-refractivity contribution >= 4 is 21.7 Å². The highest BCUT2D eigenvalue weighted by molar-refractivity contribution is 7.90. The average molecular weight is 637 g/mol. The Morgan fingerprint density at radius 1 is 1.11 bits per heavy atom. The van der Waals surface area contributed by atoms with Gasteiger partial charge in [-0.3, -0.25) is 9.69 Å². The van der Waals surface area contributed by atoms with Gasteiger partial charge in [-0.25, -0.2) is 13.2 Å². The molecule has 1 amide bonds. The normalized spacial score (nSPS) is 19.0. The van der Waals surface area contributed by atoms with Gasteiger partial charge in [-0.1, -0.05) is 81.5 Å². The standard InChI is InChI=1S/C35H44N2O6S.CH4/c1-4-26-19-29(24-43-23-27-12-7-5-6-8-13-27)37(21-26)22-28-15-16-31(32(20-28)30-14-10-9-11-25(30)2)34(38)36-33(35(39)40)17-18-44(3,41)42;/h5-12,14-16,20,26,29,33H,4,13,17-19,21-24H2,1-3H3,(H,36,38)(H,39,40);1H4. The number of carboxylic acids is 1. The molecule has 0 aromatic heterocycles. The molecule has 8 nitrogen and oxygen atoms in total. The summed E-state index contributed by atoms with van der Waals surface area (Å²) in [6.07, 6.45) is 14.3. The van der Waals surface area contributed by atoms with Gasteiger partial charge in [0.1, 0.15) is 15.9 Å². The van der Waals surface area contributed by atoms with Crippen LogP contribution in [0.25, 0.3) is 11.1 Å². The van der Waals surface area contributed by atoms with Crippen molar-refractivity contribution < 1.29 is 27.9 Å². The molecule has 0 radical (unpaired) electrons. The minimum atomic E-state index is -3.39. The number of sulfone groups is 1. The minimum absolute atomic E-state index is 0. The molecule has 3 atom stereocenters. The molecular weight excluding hydrogens is 588 g/mol. The van der Waals surface area contributed by atoms with E-state index in [1.807, 2.05) is 55.5 Å². The molecule has 244 valence electrons. The van der Waals surface area contributed by atoms with E-state index in [1.54, 1.807) is 6.07 Å². The predicted molar refractivity (Wildman–Crippen MR) is 181 cm³/mol. The van der Waals surface area contributed by atoms with E-state index in [2.05, 4.69) is 35.4 Å². The third kappa shape index (κ3) is 10.5. The van der Waals surface area contributed by atoms with E-state index < -0.39 is 27.8 Å². The van der Waals surface area contributed by atoms with Crippen LogP contribution in [-0.2, 0) is 25.9 Å². The summed E-state index contributed by atoms with van der Waals surface area (Å²) in [7, 11) is -3.39. The number of aliphatic carboxylic acids is 1. The molecule has 4 rings (SSSR count). The fourth-order valence-corrected chi connectivity index (χ4v) is 6.52. The maximum Gasteiger partial charge on any atom is 0.326 e. The Morgan fingerprint density at radius 3 is 2.60 bits per heavy atom. The highest BCUT2D eigenvalue weighted by Gasteiger charge is 2.31. The molecule has 0 bridgehead atoms. The zero-order valence-electron chi connectivity index (χ0n) is 25.9. The molecule has 0 saturated carbocycles. The second-order valence-corrected chi connectivity index (χ2v) is 14.2. The average Bonchev–Trinajstić information content (AvgIpc) is 3.17. The number of carboxylic acid groups (broad SMARTS) is 1. The zero-order valence-corrected chi connectivity index (χ0v) is 26.7. The van der Waals surface area contributed by atoms with Crippen LogP contribution in [0.5, 0.6) is 0 Å². The van der Waals surface area contributed by atoms with Crippen molar-refractivity contribution in [2.45, 2.75) is 65.6 Å². The zero-order chi connectivity index (χ0) is 31.7. The van der Waals surface area contributed by atoms with Gasteiger partial charge in [-0.2, -0.15) is 0 Å². The number of rotatable bonds is 14. The van der Waals surface area contributed by atoms with Gasteiger partial charge < -0.3 is 15.2 Å². The Morgan fingerprint density at radius 2 is 1.89 bits per heavy atom. The first-order valence-electron chi connectivity index (χ1n) is 15.3. The van der Waals surface area contributed by atoms with Crippen molar-refractivity contribution in [2.24, 2.45) is 5.92 Å². The number of hydrogen-bond donors (Lipinski definition) is 2. The van der Waals surface area contributed by atoms with E-state index in [4.69, 9.17) is 4.74 Å². The van der Waals surface area contributed by atoms with Crippen LogP contribution < -0.4 is 5.32 Å². The number of amides is 1. The van der Waals surface area contributed by atoms with E-state index >= 15 is 0 Å². The topological polar surface area (TPSA) is 113 Å². The number of hydrogen-bond acceptors (Lipinski definition) is 6. The van der Waals surface area contributed by atoms with Crippen LogP contribution in [0.3, 0.4) is 0 Å². The number of carbonyl (C=O) groups excluding carboxylic acids is 1. The summed E-state index contributed by atoms with van der Waals surface area (Å²) in [6, 6.07) is 12.4. The van der Waals surface area contributed by atoms with Gasteiger partial charge in [0.25, 0.3) is 5.91 Å². The summed E-state index contributed by atoms with van der Waals surface area (Å²) in [5, 5.41) is 12.2. The van der Waals surface area contributed by atoms with Gasteiger partial charge in [-0.05, 0) is 72.1 Å². The predicted octanol–water partition coefficient (Wildman–Crippen LogP) is 5.98. The van der Waals surface area contributed by atoms with Crippen LogP contribution in [0.1, 0.15) is 61.5 Å². The van der Waals surface area contributed by atoms with Crippen molar-refractivity contribution in [1.29, 1.82) is 0 Å². The van der Waals surface area contributed by atoms with E-state index in [-0.39, 0.29) is 25.6 Å². The first kappa shape index (κ1) is 35.9. The van der Waals surface area contributed by atoms with Gasteiger partial charge in [-0.15, -0.1) is 0 Å². The summed E-state index contributed by atoms with van der Waals surface area (Å²) in [5.41, 5.74) is 5.24. The molecule has 1 aliphatic carbocycles. The lowest BCUT2D eigenvalue weighted by atomic mass is 9.93. The van der Waals surface area contributed by atoms with Crippen molar-refractivity contribution in [3.63, 3.8) is 0 Å². The maximum atomic E-state index is 13.5. The Kier molecular flexibility index (Phi) is 13.3. The smallest absolute Gasteiger partial charge is 0.326 e. The van der Waals surface area contributed by atoms with Crippen LogP contribution in [0.2, 0.25) is 0 Å². The van der Waals surface area contributed by atoms with E-state index in [1.165, 1.54) is 5.57 Å². The lowest BCUT2D eigenvalue weighted by Crippen LogP contribution is -2.42. The van der Waals surface area contributed by atoms with Gasteiger partial charge in [0.15, 0.2) is 0 Å². The number of ether oxygens (including phenoxy) is 1. The van der Waals surface area contributed by atoms with E-state index in [0.717, 1.165) is 48.8 Å². The van der Waals surface area contributed by atoms with Gasteiger partial charge in [0.05, 0.1) is 19.0 Å². The van der Waals surface area contributed by atoms with Crippen LogP contribution in [0.15, 0.2) is 78.4 Å². The Balaban J connectivity index is 0.00000552. The molecular formula is C36H48N2O6S. The number of aryl methyl sites for hydroxylation is 1. The molecule has 2 N–H and O–H groups in total. The van der Waals surface area contributed by atoms with Crippen molar-refractivity contribution in [1.82, 2.24) is 10.2 Å². The molecule has 3 unspecified atom stereocenters. The largest absolute Gasteiger partial charge is 0.480 e. The molecule has 1 aliphatic heterocycles. The number of allylic oxidation sites excluding steroid dienone is 5. The molecule has 9 heteroatoms. The van der Waals surface area contributed by atoms with Crippen molar-refractivity contribution in [2.75, 3.05) is 31.8 Å². The fourth-order valence-electron chi connectivity index (χ4n) is 5.85. The molecule has 45 heavy (non-hydrogen) atoms. The number of nitrogens with one attached hydrogen (secondary N) is 1. The third-order valence-corrected chi connectivity index (χ3v) is 9.37. The SMILES string of the molecule is C.CCC1CC(COCC2=CC=CC=CC2)N(Cc2ccc(C(=O)NC(CCS(C)(=O)=O)C(=O)O)c(-c3ccccc3C)c2)C1. The maximum absolute atomic E-state index is 13.5. The summed E-state index contributed by atoms with van der Waals surface area (Å²) in [5.74, 6) is -1.56. The monoisotopic (exact) mass is 636 g/mol. The fraction of sp³-hybridized carbons (Fsp3) is 0.444. The Bertz CT molecular complexity index is 1530. The van der Waals surface area contributed by atoms with Crippen LogP contribution >= 0.6 is 0 Å². The summed E-state index contributed by atoms with van der Waals surface area (Å²) < 4.78 is 29.5. The van der Waals surface area contributed by atoms with Crippen LogP contribution in [0, 0.1) is 12.8 Å². The second-order valence-electron chi connectivity index (χ2n) is 11.9. The third-order valence-electron chi connectivity index (χ3n) is 8.39. The molecule has 1 fully saturated rings. The van der Waals surface area contributed by atoms with Gasteiger partial charge in [0, 0.05) is 31.0 Å². The highest BCUT2D eigenvalue weighted by Crippen LogP contribution is 2.32. The van der Waals surface area contributed by atoms with E-state index in [9.17, 15) is 23.1 Å². The summed E-state index contributed by atoms with van der Waals surface area (Å²) in [4.78, 5) is 27.8. The van der Waals surface area contributed by atoms with Gasteiger partial charge >= 0.3 is 5.97 Å². The summed E-state index contributed by atoms with van der Waals surface area (Å²) >= 11 is 0. The lowest BCUT2D eigenvalue weighted by molar-refractivity contribution is -0.139. The molecule has 1 saturated heterocycles. The molecule has 0 spiro atoms. The van der Waals surface area contributed by atoms with E-state index in [0.29, 0.717) is 36.8 Å². The molecule has 2 aromatic rings. The Hall–Kier alpha value is -3.53. The summed E-state index contributed by atoms with van der Waals surface area (Å²) in [6.45, 7) is 7.14. The first-order chi connectivity index (χ1) is 21.0. The number of carbonyl (C=O) groups is 2.